The van der Waals surface area contributed by atoms with Gasteiger partial charge in [0.2, 0.25) is 0 Å². The molecule has 0 saturated heterocycles. The van der Waals surface area contributed by atoms with Gasteiger partial charge >= 0.3 is 5.97 Å². The summed E-state index contributed by atoms with van der Waals surface area (Å²) in [7, 11) is 1.62. The molecule has 0 radical (unpaired) electrons. The van der Waals surface area contributed by atoms with Crippen molar-refractivity contribution >= 4 is 21.9 Å². The Bertz CT molecular complexity index is 450. The Morgan fingerprint density at radius 1 is 1.44 bits per heavy atom. The molecule has 0 amide bonds. The number of rotatable bonds is 4. The topological polar surface area (TPSA) is 46.5 Å². The predicted octanol–water partition coefficient (Wildman–Crippen LogP) is 3.65. The van der Waals surface area contributed by atoms with Crippen LogP contribution in [0.25, 0.3) is 0 Å². The minimum atomic E-state index is -0.679. The molecule has 2 rings (SSSR count). The van der Waals surface area contributed by atoms with Crippen LogP contribution in [0.2, 0.25) is 0 Å². The molecule has 1 aliphatic carbocycles. The number of benzene rings is 1. The zero-order valence-corrected chi connectivity index (χ0v) is 12.0. The van der Waals surface area contributed by atoms with Crippen molar-refractivity contribution in [3.8, 4) is 5.75 Å². The quantitative estimate of drug-likeness (QED) is 0.923. The summed E-state index contributed by atoms with van der Waals surface area (Å²) in [6.07, 6.45) is 4.08. The van der Waals surface area contributed by atoms with E-state index in [9.17, 15) is 9.90 Å². The van der Waals surface area contributed by atoms with E-state index in [1.807, 2.05) is 18.2 Å². The zero-order chi connectivity index (χ0) is 13.2. The van der Waals surface area contributed by atoms with Gasteiger partial charge in [-0.15, -0.1) is 0 Å². The average molecular weight is 313 g/mol. The monoisotopic (exact) mass is 312 g/mol. The highest BCUT2D eigenvalue weighted by Gasteiger charge is 2.41. The molecule has 0 unspecified atom stereocenters. The van der Waals surface area contributed by atoms with Crippen molar-refractivity contribution in [2.75, 3.05) is 7.11 Å². The molecule has 1 aromatic carbocycles. The van der Waals surface area contributed by atoms with E-state index >= 15 is 0 Å². The first kappa shape index (κ1) is 13.4. The van der Waals surface area contributed by atoms with Crippen molar-refractivity contribution in [1.82, 2.24) is 0 Å². The molecule has 0 aliphatic heterocycles. The van der Waals surface area contributed by atoms with E-state index in [0.717, 1.165) is 41.5 Å². The third kappa shape index (κ3) is 2.53. The summed E-state index contributed by atoms with van der Waals surface area (Å²) in [5.74, 6) is 0.0905. The molecule has 0 spiro atoms. The Morgan fingerprint density at radius 2 is 2.11 bits per heavy atom. The number of methoxy groups -OCH3 is 1. The average Bonchev–Trinajstić information content (AvgIpc) is 2.79. The number of hydrogen-bond donors (Lipinski definition) is 1. The van der Waals surface area contributed by atoms with Crippen molar-refractivity contribution in [2.24, 2.45) is 5.41 Å². The first-order chi connectivity index (χ1) is 8.57. The molecule has 0 bridgehead atoms. The van der Waals surface area contributed by atoms with Gasteiger partial charge < -0.3 is 9.84 Å². The fraction of sp³-hybridized carbons (Fsp3) is 0.500. The van der Waals surface area contributed by atoms with Crippen LogP contribution in [0.1, 0.15) is 31.2 Å². The van der Waals surface area contributed by atoms with E-state index < -0.39 is 11.4 Å². The van der Waals surface area contributed by atoms with Crippen LogP contribution in [0.15, 0.2) is 22.7 Å². The number of hydrogen-bond acceptors (Lipinski definition) is 2. The van der Waals surface area contributed by atoms with Crippen molar-refractivity contribution in [1.29, 1.82) is 0 Å². The third-order valence-electron chi connectivity index (χ3n) is 3.79. The Labute approximate surface area is 115 Å². The van der Waals surface area contributed by atoms with E-state index in [-0.39, 0.29) is 0 Å². The summed E-state index contributed by atoms with van der Waals surface area (Å²) in [6, 6.07) is 5.75. The second-order valence-corrected chi connectivity index (χ2v) is 5.84. The summed E-state index contributed by atoms with van der Waals surface area (Å²) in [5, 5.41) is 9.51. The number of aliphatic carboxylic acids is 1. The van der Waals surface area contributed by atoms with E-state index in [4.69, 9.17) is 4.74 Å². The number of carboxylic acids is 1. The maximum atomic E-state index is 11.6. The van der Waals surface area contributed by atoms with Crippen LogP contribution < -0.4 is 4.74 Å². The SMILES string of the molecule is COc1ccc(Br)cc1CC1(C(=O)O)CCCC1. The molecule has 98 valence electrons. The minimum Gasteiger partial charge on any atom is -0.496 e. The van der Waals surface area contributed by atoms with Crippen molar-refractivity contribution in [3.63, 3.8) is 0 Å². The number of carboxylic acid groups (broad SMARTS) is 1. The van der Waals surface area contributed by atoms with Gasteiger partial charge in [-0.05, 0) is 43.0 Å². The lowest BCUT2D eigenvalue weighted by Gasteiger charge is -2.24. The van der Waals surface area contributed by atoms with Crippen LogP contribution in [-0.2, 0) is 11.2 Å². The smallest absolute Gasteiger partial charge is 0.309 e. The Balaban J connectivity index is 2.32. The Kier molecular flexibility index (Phi) is 3.95. The minimum absolute atomic E-state index is 0.547. The van der Waals surface area contributed by atoms with Crippen LogP contribution in [0, 0.1) is 5.41 Å². The zero-order valence-electron chi connectivity index (χ0n) is 10.4. The van der Waals surface area contributed by atoms with Gasteiger partial charge in [0.1, 0.15) is 5.75 Å². The summed E-state index contributed by atoms with van der Waals surface area (Å²) in [6.45, 7) is 0. The molecule has 0 atom stereocenters. The van der Waals surface area contributed by atoms with E-state index in [1.165, 1.54) is 0 Å². The molecule has 1 fully saturated rings. The van der Waals surface area contributed by atoms with Gasteiger partial charge in [0.05, 0.1) is 12.5 Å². The molecule has 1 saturated carbocycles. The first-order valence-corrected chi connectivity index (χ1v) is 6.92. The van der Waals surface area contributed by atoms with Crippen LogP contribution in [-0.4, -0.2) is 18.2 Å². The summed E-state index contributed by atoms with van der Waals surface area (Å²) < 4.78 is 6.28. The van der Waals surface area contributed by atoms with Gasteiger partial charge in [-0.2, -0.15) is 0 Å². The Morgan fingerprint density at radius 3 is 2.67 bits per heavy atom. The number of carbonyl (C=O) groups is 1. The molecule has 3 nitrogen and oxygen atoms in total. The van der Waals surface area contributed by atoms with Gasteiger partial charge in [0, 0.05) is 4.47 Å². The molecule has 18 heavy (non-hydrogen) atoms. The van der Waals surface area contributed by atoms with Gasteiger partial charge in [-0.25, -0.2) is 0 Å². The fourth-order valence-corrected chi connectivity index (χ4v) is 3.18. The highest BCUT2D eigenvalue weighted by atomic mass is 79.9. The van der Waals surface area contributed by atoms with E-state index in [2.05, 4.69) is 15.9 Å². The summed E-state index contributed by atoms with van der Waals surface area (Å²) in [4.78, 5) is 11.6. The van der Waals surface area contributed by atoms with E-state index in [0.29, 0.717) is 6.42 Å². The van der Waals surface area contributed by atoms with Crippen LogP contribution in [0.4, 0.5) is 0 Å². The summed E-state index contributed by atoms with van der Waals surface area (Å²) >= 11 is 3.43. The highest BCUT2D eigenvalue weighted by Crippen LogP contribution is 2.43. The van der Waals surface area contributed by atoms with Gasteiger partial charge in [0.15, 0.2) is 0 Å². The molecular weight excluding hydrogens is 296 g/mol. The van der Waals surface area contributed by atoms with Crippen LogP contribution in [0.3, 0.4) is 0 Å². The van der Waals surface area contributed by atoms with Crippen LogP contribution >= 0.6 is 15.9 Å². The maximum Gasteiger partial charge on any atom is 0.309 e. The van der Waals surface area contributed by atoms with E-state index in [1.54, 1.807) is 7.11 Å². The first-order valence-electron chi connectivity index (χ1n) is 6.13. The molecule has 4 heteroatoms. The number of ether oxygens (including phenoxy) is 1. The standard InChI is InChI=1S/C14H17BrO3/c1-18-12-5-4-11(15)8-10(12)9-14(13(16)17)6-2-3-7-14/h4-5,8H,2-3,6-7,9H2,1H3,(H,16,17). The normalized spacial score (nSPS) is 17.7. The number of halogens is 1. The lowest BCUT2D eigenvalue weighted by Crippen LogP contribution is -2.30. The molecule has 0 aromatic heterocycles. The molecule has 1 aliphatic rings. The third-order valence-corrected chi connectivity index (χ3v) is 4.28. The van der Waals surface area contributed by atoms with Gasteiger partial charge in [-0.3, -0.25) is 4.79 Å². The van der Waals surface area contributed by atoms with Crippen molar-refractivity contribution < 1.29 is 14.6 Å². The molecule has 1 aromatic rings. The van der Waals surface area contributed by atoms with Gasteiger partial charge in [0.25, 0.3) is 0 Å². The lowest BCUT2D eigenvalue weighted by molar-refractivity contribution is -0.148. The fourth-order valence-electron chi connectivity index (χ4n) is 2.77. The second kappa shape index (κ2) is 5.31. The highest BCUT2D eigenvalue weighted by molar-refractivity contribution is 9.10. The van der Waals surface area contributed by atoms with Crippen LogP contribution in [0.5, 0.6) is 5.75 Å². The second-order valence-electron chi connectivity index (χ2n) is 4.93. The molecule has 0 heterocycles. The summed E-state index contributed by atoms with van der Waals surface area (Å²) in [5.41, 5.74) is 0.366. The maximum absolute atomic E-state index is 11.6. The van der Waals surface area contributed by atoms with Crippen molar-refractivity contribution in [2.45, 2.75) is 32.1 Å². The predicted molar refractivity (Wildman–Crippen MR) is 72.9 cm³/mol. The molecule has 1 N–H and O–H groups in total. The lowest BCUT2D eigenvalue weighted by atomic mass is 9.80. The van der Waals surface area contributed by atoms with Gasteiger partial charge in [-0.1, -0.05) is 28.8 Å². The molecular formula is C14H17BrO3. The van der Waals surface area contributed by atoms with Crippen molar-refractivity contribution in [3.05, 3.63) is 28.2 Å². The Hall–Kier alpha value is -1.03. The largest absolute Gasteiger partial charge is 0.496 e.